The van der Waals surface area contributed by atoms with Crippen molar-refractivity contribution < 1.29 is 13.9 Å². The van der Waals surface area contributed by atoms with Crippen LogP contribution >= 0.6 is 0 Å². The van der Waals surface area contributed by atoms with Crippen LogP contribution in [0.3, 0.4) is 0 Å². The van der Waals surface area contributed by atoms with Crippen molar-refractivity contribution in [1.82, 2.24) is 15.2 Å². The maximum atomic E-state index is 13.5. The van der Waals surface area contributed by atoms with Crippen LogP contribution in [0.15, 0.2) is 64.7 Å². The highest BCUT2D eigenvalue weighted by atomic mass is 16.5. The lowest BCUT2D eigenvalue weighted by Crippen LogP contribution is -2.41. The lowest BCUT2D eigenvalue weighted by molar-refractivity contribution is 0.0706. The molecule has 178 valence electrons. The molecule has 2 heterocycles. The minimum absolute atomic E-state index is 0.0110. The van der Waals surface area contributed by atoms with Gasteiger partial charge in [0.05, 0.1) is 19.7 Å². The molecule has 0 unspecified atom stereocenters. The van der Waals surface area contributed by atoms with Crippen molar-refractivity contribution in [1.29, 1.82) is 5.26 Å². The second kappa shape index (κ2) is 9.59. The van der Waals surface area contributed by atoms with Gasteiger partial charge in [-0.1, -0.05) is 18.2 Å². The van der Waals surface area contributed by atoms with Crippen LogP contribution in [0, 0.1) is 11.3 Å². The quantitative estimate of drug-likeness (QED) is 0.374. The van der Waals surface area contributed by atoms with Gasteiger partial charge in [-0.05, 0) is 62.6 Å². The van der Waals surface area contributed by atoms with Crippen molar-refractivity contribution >= 4 is 27.8 Å². The van der Waals surface area contributed by atoms with E-state index in [1.165, 1.54) is 0 Å². The molecule has 7 heteroatoms. The minimum Gasteiger partial charge on any atom is -0.496 e. The maximum absolute atomic E-state index is 13.5. The van der Waals surface area contributed by atoms with Gasteiger partial charge in [0.1, 0.15) is 34.4 Å². The zero-order chi connectivity index (χ0) is 24.4. The van der Waals surface area contributed by atoms with Crippen LogP contribution in [0.1, 0.15) is 48.0 Å². The second-order valence-electron chi connectivity index (χ2n) is 8.71. The molecule has 0 saturated carbocycles. The fourth-order valence-electron chi connectivity index (χ4n) is 4.93. The van der Waals surface area contributed by atoms with Crippen molar-refractivity contribution in [2.75, 3.05) is 13.7 Å². The van der Waals surface area contributed by atoms with Crippen molar-refractivity contribution in [3.05, 3.63) is 77.3 Å². The highest BCUT2D eigenvalue weighted by Gasteiger charge is 2.26. The number of fused-ring (bicyclic) bond motifs is 2. The number of H-pyrrole nitrogens is 1. The Morgan fingerprint density at radius 1 is 1.26 bits per heavy atom. The molecule has 2 N–H and O–H groups in total. The molecule has 5 rings (SSSR count). The van der Waals surface area contributed by atoms with Gasteiger partial charge in [0.15, 0.2) is 0 Å². The van der Waals surface area contributed by atoms with E-state index < -0.39 is 0 Å². The maximum Gasteiger partial charge on any atom is 0.270 e. The van der Waals surface area contributed by atoms with E-state index in [-0.39, 0.29) is 11.9 Å². The number of likely N-dealkylation sites (N-methyl/N-ethyl adjacent to an activating group) is 1. The minimum atomic E-state index is -0.0303. The molecule has 0 fully saturated rings. The average Bonchev–Trinajstić information content (AvgIpc) is 3.49. The molecule has 7 nitrogen and oxygen atoms in total. The number of amides is 1. The van der Waals surface area contributed by atoms with E-state index in [0.717, 1.165) is 47.0 Å². The molecule has 2 aromatic heterocycles. The molecule has 0 spiro atoms. The Bertz CT molecular complexity index is 1460. The largest absolute Gasteiger partial charge is 0.496 e. The fourth-order valence-corrected chi connectivity index (χ4v) is 4.93. The molecule has 2 aromatic carbocycles. The number of carbonyl (C=O) groups is 1. The summed E-state index contributed by atoms with van der Waals surface area (Å²) in [4.78, 5) is 18.6. The number of nitrogens with zero attached hydrogens (tertiary/aromatic N) is 2. The molecule has 35 heavy (non-hydrogen) atoms. The van der Waals surface area contributed by atoms with E-state index in [9.17, 15) is 10.1 Å². The summed E-state index contributed by atoms with van der Waals surface area (Å²) in [5.74, 6) is 1.34. The fraction of sp³-hybridized carbons (Fsp3) is 0.286. The topological polar surface area (TPSA) is 94.3 Å². The van der Waals surface area contributed by atoms with Gasteiger partial charge < -0.3 is 24.4 Å². The van der Waals surface area contributed by atoms with Crippen LogP contribution in [0.4, 0.5) is 0 Å². The van der Waals surface area contributed by atoms with E-state index in [1.807, 2.05) is 60.4 Å². The van der Waals surface area contributed by atoms with Crippen LogP contribution in [-0.2, 0) is 6.54 Å². The Morgan fingerprint density at radius 2 is 2.11 bits per heavy atom. The number of benzene rings is 2. The van der Waals surface area contributed by atoms with Gasteiger partial charge in [-0.3, -0.25) is 4.79 Å². The highest BCUT2D eigenvalue weighted by molar-refractivity contribution is 6.00. The zero-order valence-corrected chi connectivity index (χ0v) is 19.9. The van der Waals surface area contributed by atoms with Crippen LogP contribution in [0.2, 0.25) is 0 Å². The number of methoxy groups -OCH3 is 1. The standard InChI is InChI=1S/C28H28N4O3/c1-3-32(28(33)24-15-21-23(31-24)11-7-13-25(21)34-2)19-9-6-8-18(14-19)30-17-27-22(16-29)20-10-4-5-12-26(20)35-27/h4-5,7,10-15,19,30-31H,3,6,8-9,17H2,1-2H3/t19-/m0/s1. The predicted octanol–water partition coefficient (Wildman–Crippen LogP) is 5.48. The number of hydrogen-bond acceptors (Lipinski definition) is 5. The molecule has 4 aromatic rings. The Balaban J connectivity index is 1.35. The van der Waals surface area contributed by atoms with Crippen molar-refractivity contribution in [2.45, 2.75) is 38.8 Å². The number of nitriles is 1. The molecule has 1 amide bonds. The van der Waals surface area contributed by atoms with Gasteiger partial charge in [-0.2, -0.15) is 5.26 Å². The number of hydrogen-bond donors (Lipinski definition) is 2. The summed E-state index contributed by atoms with van der Waals surface area (Å²) in [7, 11) is 1.63. The lowest BCUT2D eigenvalue weighted by atomic mass is 9.98. The molecule has 0 saturated heterocycles. The summed E-state index contributed by atoms with van der Waals surface area (Å²) >= 11 is 0. The molecule has 0 bridgehead atoms. The van der Waals surface area contributed by atoms with Crippen molar-refractivity contribution in [3.63, 3.8) is 0 Å². The smallest absolute Gasteiger partial charge is 0.270 e. The van der Waals surface area contributed by atoms with Gasteiger partial charge in [-0.15, -0.1) is 0 Å². The monoisotopic (exact) mass is 468 g/mol. The highest BCUT2D eigenvalue weighted by Crippen LogP contribution is 2.29. The van der Waals surface area contributed by atoms with Gasteiger partial charge >= 0.3 is 0 Å². The van der Waals surface area contributed by atoms with Crippen LogP contribution < -0.4 is 10.1 Å². The van der Waals surface area contributed by atoms with E-state index in [2.05, 4.69) is 22.4 Å². The second-order valence-corrected chi connectivity index (χ2v) is 8.71. The number of ether oxygens (including phenoxy) is 1. The SMILES string of the molecule is CCN(C(=O)c1cc2c(OC)cccc2[nH]1)[C@@H]1C=C(NCc2oc3ccccc3c2C#N)CCC1. The number of para-hydroxylation sites is 1. The van der Waals surface area contributed by atoms with E-state index in [0.29, 0.717) is 35.7 Å². The molecule has 1 aliphatic carbocycles. The first-order valence-corrected chi connectivity index (χ1v) is 11.9. The molecule has 0 radical (unpaired) electrons. The third-order valence-electron chi connectivity index (χ3n) is 6.67. The normalized spacial score (nSPS) is 15.6. The van der Waals surface area contributed by atoms with E-state index in [4.69, 9.17) is 9.15 Å². The predicted molar refractivity (Wildman–Crippen MR) is 135 cm³/mol. The lowest BCUT2D eigenvalue weighted by Gasteiger charge is -2.32. The van der Waals surface area contributed by atoms with Gasteiger partial charge in [0, 0.05) is 28.5 Å². The Morgan fingerprint density at radius 3 is 2.91 bits per heavy atom. The number of rotatable bonds is 7. The summed E-state index contributed by atoms with van der Waals surface area (Å²) in [5.41, 5.74) is 3.79. The summed E-state index contributed by atoms with van der Waals surface area (Å²) in [6, 6.07) is 17.5. The first kappa shape index (κ1) is 22.6. The summed E-state index contributed by atoms with van der Waals surface area (Å²) in [6.45, 7) is 3.03. The van der Waals surface area contributed by atoms with Gasteiger partial charge in [-0.25, -0.2) is 0 Å². The average molecular weight is 469 g/mol. The first-order chi connectivity index (χ1) is 17.1. The Kier molecular flexibility index (Phi) is 6.19. The van der Waals surface area contributed by atoms with Crippen LogP contribution in [-0.4, -0.2) is 35.5 Å². The Labute approximate surface area is 204 Å². The van der Waals surface area contributed by atoms with Crippen molar-refractivity contribution in [2.24, 2.45) is 0 Å². The number of aromatic nitrogens is 1. The molecular weight excluding hydrogens is 440 g/mol. The molecule has 1 aliphatic rings. The summed E-state index contributed by atoms with van der Waals surface area (Å²) in [6.07, 6.45) is 4.91. The summed E-state index contributed by atoms with van der Waals surface area (Å²) < 4.78 is 11.4. The van der Waals surface area contributed by atoms with E-state index >= 15 is 0 Å². The van der Waals surface area contributed by atoms with E-state index in [1.54, 1.807) is 7.11 Å². The number of nitrogens with one attached hydrogen (secondary N) is 2. The number of furan rings is 1. The first-order valence-electron chi connectivity index (χ1n) is 11.9. The number of allylic oxidation sites excluding steroid dienone is 1. The van der Waals surface area contributed by atoms with Crippen LogP contribution in [0.5, 0.6) is 5.75 Å². The van der Waals surface area contributed by atoms with Crippen LogP contribution in [0.25, 0.3) is 21.9 Å². The third kappa shape index (κ3) is 4.24. The molecular formula is C28H28N4O3. The third-order valence-corrected chi connectivity index (χ3v) is 6.67. The molecule has 0 aliphatic heterocycles. The molecule has 1 atom stereocenters. The number of aromatic amines is 1. The summed E-state index contributed by atoms with van der Waals surface area (Å²) in [5, 5.41) is 14.8. The number of carbonyl (C=O) groups excluding carboxylic acids is 1. The van der Waals surface area contributed by atoms with Crippen molar-refractivity contribution in [3.8, 4) is 11.8 Å². The zero-order valence-electron chi connectivity index (χ0n) is 19.9. The van der Waals surface area contributed by atoms with Gasteiger partial charge in [0.25, 0.3) is 5.91 Å². The Hall–Kier alpha value is -4.18. The van der Waals surface area contributed by atoms with Gasteiger partial charge in [0.2, 0.25) is 0 Å².